The fourth-order valence-corrected chi connectivity index (χ4v) is 0.701. The van der Waals surface area contributed by atoms with Crippen LogP contribution in [0.4, 0.5) is 0 Å². The van der Waals surface area contributed by atoms with E-state index >= 15 is 0 Å². The Morgan fingerprint density at radius 2 is 1.46 bits per heavy atom. The Morgan fingerprint density at radius 3 is 1.85 bits per heavy atom. The Bertz CT molecular complexity index is 57.1. The van der Waals surface area contributed by atoms with E-state index in [-0.39, 0.29) is 0 Å². The summed E-state index contributed by atoms with van der Waals surface area (Å²) in [5, 5.41) is 7.88. The van der Waals surface area contributed by atoms with Crippen LogP contribution in [-0.4, -0.2) is 24.9 Å². The third-order valence-electron chi connectivity index (χ3n) is 1.46. The van der Waals surface area contributed by atoms with Gasteiger partial charge in [-0.2, -0.15) is 0 Å². The lowest BCUT2D eigenvalue weighted by atomic mass is 10.3. The van der Waals surface area contributed by atoms with E-state index < -0.39 is 0 Å². The number of hydrogen-bond acceptors (Lipinski definition) is 2. The molecule has 0 aliphatic rings. The van der Waals surface area contributed by atoms with E-state index in [9.17, 15) is 0 Å². The predicted octanol–water partition coefficient (Wildman–Crippen LogP) is 2.99. The normalized spacial score (nSPS) is 9.23. The van der Waals surface area contributed by atoms with Crippen molar-refractivity contribution >= 4 is 0 Å². The van der Waals surface area contributed by atoms with Gasteiger partial charge in [0.15, 0.2) is 0 Å². The summed E-state index contributed by atoms with van der Waals surface area (Å²) in [6.07, 6.45) is 5.85. The topological polar surface area (TPSA) is 29.5 Å². The third kappa shape index (κ3) is 24.5. The molecule has 0 bridgehead atoms. The minimum absolute atomic E-state index is 0.319. The number of hydrogen-bond donors (Lipinski definition) is 1. The molecule has 0 fully saturated rings. The Hall–Kier alpha value is -0.0800. The van der Waals surface area contributed by atoms with Gasteiger partial charge < -0.3 is 9.84 Å². The standard InChI is InChI=1S/C8H18O.C3H8O/c1-3-5-6-8-9-7-4-2;1-2-3-4/h3-8H2,1-2H3;4H,2-3H2,1H3. The van der Waals surface area contributed by atoms with Crippen LogP contribution < -0.4 is 0 Å². The summed E-state index contributed by atoms with van der Waals surface area (Å²) in [5.41, 5.74) is 0. The highest BCUT2D eigenvalue weighted by atomic mass is 16.5. The summed E-state index contributed by atoms with van der Waals surface area (Å²) < 4.78 is 5.28. The van der Waals surface area contributed by atoms with Crippen LogP contribution in [-0.2, 0) is 4.74 Å². The van der Waals surface area contributed by atoms with Crippen LogP contribution in [0, 0.1) is 0 Å². The van der Waals surface area contributed by atoms with Gasteiger partial charge in [-0.1, -0.05) is 33.6 Å². The van der Waals surface area contributed by atoms with Gasteiger partial charge in [0.05, 0.1) is 0 Å². The molecule has 0 aromatic carbocycles. The maximum Gasteiger partial charge on any atom is 0.0466 e. The van der Waals surface area contributed by atoms with E-state index in [0.717, 1.165) is 26.1 Å². The fourth-order valence-electron chi connectivity index (χ4n) is 0.701. The van der Waals surface area contributed by atoms with Gasteiger partial charge >= 0.3 is 0 Å². The molecule has 0 aliphatic heterocycles. The molecule has 1 N–H and O–H groups in total. The van der Waals surface area contributed by atoms with E-state index in [0.29, 0.717) is 6.61 Å². The first-order valence-electron chi connectivity index (χ1n) is 5.51. The molecule has 0 aromatic rings. The number of ether oxygens (including phenoxy) is 1. The van der Waals surface area contributed by atoms with Crippen molar-refractivity contribution < 1.29 is 9.84 Å². The molecule has 2 nitrogen and oxygen atoms in total. The van der Waals surface area contributed by atoms with Crippen LogP contribution in [0.25, 0.3) is 0 Å². The monoisotopic (exact) mass is 190 g/mol. The van der Waals surface area contributed by atoms with E-state index in [2.05, 4.69) is 13.8 Å². The minimum atomic E-state index is 0.319. The molecule has 0 aromatic heterocycles. The highest BCUT2D eigenvalue weighted by Crippen LogP contribution is 1.93. The van der Waals surface area contributed by atoms with E-state index in [1.165, 1.54) is 19.3 Å². The average Bonchev–Trinajstić information content (AvgIpc) is 2.18. The van der Waals surface area contributed by atoms with Crippen LogP contribution in [0.5, 0.6) is 0 Å². The van der Waals surface area contributed by atoms with Gasteiger partial charge in [-0.15, -0.1) is 0 Å². The van der Waals surface area contributed by atoms with Crippen LogP contribution >= 0.6 is 0 Å². The lowest BCUT2D eigenvalue weighted by Crippen LogP contribution is -1.94. The van der Waals surface area contributed by atoms with Crippen molar-refractivity contribution in [2.45, 2.75) is 52.9 Å². The zero-order valence-electron chi connectivity index (χ0n) is 9.51. The second-order valence-electron chi connectivity index (χ2n) is 3.04. The van der Waals surface area contributed by atoms with Gasteiger partial charge in [0.25, 0.3) is 0 Å². The number of aliphatic hydroxyl groups is 1. The zero-order chi connectivity index (χ0) is 10.4. The van der Waals surface area contributed by atoms with Crippen molar-refractivity contribution in [1.29, 1.82) is 0 Å². The molecule has 2 heteroatoms. The first-order valence-corrected chi connectivity index (χ1v) is 5.51. The molecule has 0 spiro atoms. The largest absolute Gasteiger partial charge is 0.396 e. The van der Waals surface area contributed by atoms with Gasteiger partial charge in [0.1, 0.15) is 0 Å². The van der Waals surface area contributed by atoms with Gasteiger partial charge in [-0.05, 0) is 19.3 Å². The summed E-state index contributed by atoms with van der Waals surface area (Å²) in [5.74, 6) is 0. The molecule has 0 saturated carbocycles. The van der Waals surface area contributed by atoms with Crippen LogP contribution in [0.3, 0.4) is 0 Å². The number of unbranched alkanes of at least 4 members (excludes halogenated alkanes) is 2. The maximum absolute atomic E-state index is 7.88. The average molecular weight is 190 g/mol. The summed E-state index contributed by atoms with van der Waals surface area (Å²) in [6, 6.07) is 0. The van der Waals surface area contributed by atoms with Gasteiger partial charge in [-0.3, -0.25) is 0 Å². The smallest absolute Gasteiger partial charge is 0.0466 e. The van der Waals surface area contributed by atoms with E-state index in [4.69, 9.17) is 9.84 Å². The summed E-state index contributed by atoms with van der Waals surface area (Å²) in [4.78, 5) is 0. The maximum atomic E-state index is 7.88. The highest BCUT2D eigenvalue weighted by Gasteiger charge is 1.84. The molecule has 0 amide bonds. The molecule has 0 heterocycles. The molecule has 0 unspecified atom stereocenters. The van der Waals surface area contributed by atoms with Gasteiger partial charge in [0.2, 0.25) is 0 Å². The van der Waals surface area contributed by atoms with Crippen LogP contribution in [0.2, 0.25) is 0 Å². The highest BCUT2D eigenvalue weighted by molar-refractivity contribution is 4.35. The molecule has 0 atom stereocenters. The lowest BCUT2D eigenvalue weighted by Gasteiger charge is -1.99. The Morgan fingerprint density at radius 1 is 0.846 bits per heavy atom. The molecular weight excluding hydrogens is 164 g/mol. The second kappa shape index (κ2) is 17.9. The van der Waals surface area contributed by atoms with E-state index in [1.807, 2.05) is 6.92 Å². The SMILES string of the molecule is CCCCCOCCC.CCCO. The second-order valence-corrected chi connectivity index (χ2v) is 3.04. The quantitative estimate of drug-likeness (QED) is 0.625. The van der Waals surface area contributed by atoms with Gasteiger partial charge in [0, 0.05) is 19.8 Å². The first kappa shape index (κ1) is 15.4. The van der Waals surface area contributed by atoms with Crippen molar-refractivity contribution in [3.05, 3.63) is 0 Å². The minimum Gasteiger partial charge on any atom is -0.396 e. The number of aliphatic hydroxyl groups excluding tert-OH is 1. The molecular formula is C11H26O2. The van der Waals surface area contributed by atoms with Crippen molar-refractivity contribution in [2.75, 3.05) is 19.8 Å². The van der Waals surface area contributed by atoms with Crippen molar-refractivity contribution in [2.24, 2.45) is 0 Å². The third-order valence-corrected chi connectivity index (χ3v) is 1.46. The van der Waals surface area contributed by atoms with Crippen LogP contribution in [0.15, 0.2) is 0 Å². The molecule has 0 radical (unpaired) electrons. The van der Waals surface area contributed by atoms with E-state index in [1.54, 1.807) is 0 Å². The molecule has 0 saturated heterocycles. The molecule has 13 heavy (non-hydrogen) atoms. The molecule has 0 aliphatic carbocycles. The summed E-state index contributed by atoms with van der Waals surface area (Å²) in [7, 11) is 0. The lowest BCUT2D eigenvalue weighted by molar-refractivity contribution is 0.131. The van der Waals surface area contributed by atoms with Crippen LogP contribution in [0.1, 0.15) is 52.9 Å². The Labute approximate surface area is 83.3 Å². The van der Waals surface area contributed by atoms with Crippen molar-refractivity contribution in [1.82, 2.24) is 0 Å². The Balaban J connectivity index is 0. The summed E-state index contributed by atoms with van der Waals surface area (Å²) >= 11 is 0. The molecule has 0 rings (SSSR count). The Kier molecular flexibility index (Phi) is 21.2. The van der Waals surface area contributed by atoms with Gasteiger partial charge in [-0.25, -0.2) is 0 Å². The summed E-state index contributed by atoms with van der Waals surface area (Å²) in [6.45, 7) is 8.49. The zero-order valence-corrected chi connectivity index (χ0v) is 9.51. The van der Waals surface area contributed by atoms with Crippen molar-refractivity contribution in [3.8, 4) is 0 Å². The first-order chi connectivity index (χ1) is 6.33. The molecule has 82 valence electrons. The van der Waals surface area contributed by atoms with Crippen molar-refractivity contribution in [3.63, 3.8) is 0 Å². The number of rotatable bonds is 7. The predicted molar refractivity (Wildman–Crippen MR) is 58.0 cm³/mol. The fraction of sp³-hybridized carbons (Fsp3) is 1.00.